The molecule has 0 unspecified atom stereocenters. The third-order valence-corrected chi connectivity index (χ3v) is 3.00. The van der Waals surface area contributed by atoms with Crippen LogP contribution in [0, 0.1) is 0 Å². The van der Waals surface area contributed by atoms with Gasteiger partial charge in [-0.3, -0.25) is 4.90 Å². The average Bonchev–Trinajstić information content (AvgIpc) is 2.29. The van der Waals surface area contributed by atoms with Gasteiger partial charge in [-0.1, -0.05) is 50.3 Å². The van der Waals surface area contributed by atoms with Crippen LogP contribution in [-0.2, 0) is 13.0 Å². The van der Waals surface area contributed by atoms with Crippen LogP contribution in [0.25, 0.3) is 0 Å². The van der Waals surface area contributed by atoms with Gasteiger partial charge < -0.3 is 5.73 Å². The molecule has 0 amide bonds. The largest absolute Gasteiger partial charge is 0.393 e. The zero-order chi connectivity index (χ0) is 13.4. The van der Waals surface area contributed by atoms with E-state index in [2.05, 4.69) is 43.0 Å². The number of nitrogens with zero attached hydrogens (tertiary/aromatic N) is 1. The summed E-state index contributed by atoms with van der Waals surface area (Å²) < 4.78 is 0. The molecule has 0 radical (unpaired) electrons. The minimum absolute atomic E-state index is 0.561. The van der Waals surface area contributed by atoms with Crippen LogP contribution in [0.4, 0.5) is 0 Å². The van der Waals surface area contributed by atoms with Crippen molar-refractivity contribution in [2.45, 2.75) is 39.7 Å². The lowest BCUT2D eigenvalue weighted by Gasteiger charge is -2.21. The van der Waals surface area contributed by atoms with E-state index in [0.717, 1.165) is 19.6 Å². The van der Waals surface area contributed by atoms with Crippen LogP contribution < -0.4 is 5.73 Å². The van der Waals surface area contributed by atoms with E-state index in [9.17, 15) is 0 Å². The Kier molecular flexibility index (Phi) is 6.91. The Morgan fingerprint density at radius 2 is 1.78 bits per heavy atom. The van der Waals surface area contributed by atoms with E-state index in [4.69, 9.17) is 18.0 Å². The monoisotopic (exact) mass is 264 g/mol. The van der Waals surface area contributed by atoms with E-state index in [-0.39, 0.29) is 0 Å². The quantitative estimate of drug-likeness (QED) is 0.731. The fourth-order valence-corrected chi connectivity index (χ4v) is 2.37. The molecule has 18 heavy (non-hydrogen) atoms. The standard InChI is InChI=1S/C15H24N2S/c1-3-8-17(9-4-2)12-14-7-5-6-13(10-14)11-15(16)18/h5-7,10H,3-4,8-9,11-12H2,1-2H3,(H2,16,18). The highest BCUT2D eigenvalue weighted by atomic mass is 32.1. The fraction of sp³-hybridized carbons (Fsp3) is 0.533. The first kappa shape index (κ1) is 15.1. The van der Waals surface area contributed by atoms with Crippen LogP contribution in [0.5, 0.6) is 0 Å². The zero-order valence-electron chi connectivity index (χ0n) is 11.5. The van der Waals surface area contributed by atoms with Gasteiger partial charge >= 0.3 is 0 Å². The first-order valence-corrected chi connectivity index (χ1v) is 7.15. The van der Waals surface area contributed by atoms with Gasteiger partial charge in [0.2, 0.25) is 0 Å². The molecule has 0 aliphatic carbocycles. The molecule has 0 spiro atoms. The number of hydrogen-bond donors (Lipinski definition) is 1. The maximum Gasteiger partial charge on any atom is 0.0771 e. The van der Waals surface area contributed by atoms with Crippen molar-refractivity contribution in [3.63, 3.8) is 0 Å². The maximum atomic E-state index is 5.59. The first-order chi connectivity index (χ1) is 8.65. The average molecular weight is 264 g/mol. The Hall–Kier alpha value is -0.930. The van der Waals surface area contributed by atoms with Crippen LogP contribution in [0.1, 0.15) is 37.8 Å². The number of rotatable bonds is 8. The molecule has 0 heterocycles. The molecule has 0 aliphatic rings. The van der Waals surface area contributed by atoms with Crippen LogP contribution in [-0.4, -0.2) is 23.0 Å². The van der Waals surface area contributed by atoms with Crippen LogP contribution in [0.15, 0.2) is 24.3 Å². The summed E-state index contributed by atoms with van der Waals surface area (Å²) >= 11 is 4.96. The van der Waals surface area contributed by atoms with E-state index in [1.807, 2.05) is 0 Å². The summed E-state index contributed by atoms with van der Waals surface area (Å²) in [6.45, 7) is 7.80. The minimum Gasteiger partial charge on any atom is -0.393 e. The van der Waals surface area contributed by atoms with Gasteiger partial charge in [-0.25, -0.2) is 0 Å². The molecule has 0 bridgehead atoms. The van der Waals surface area contributed by atoms with E-state index >= 15 is 0 Å². The second-order valence-corrected chi connectivity index (χ2v) is 5.26. The Bertz CT molecular complexity index is 371. The molecule has 0 aromatic heterocycles. The van der Waals surface area contributed by atoms with Crippen molar-refractivity contribution in [3.8, 4) is 0 Å². The van der Waals surface area contributed by atoms with E-state index in [0.29, 0.717) is 11.4 Å². The number of nitrogens with two attached hydrogens (primary N) is 1. The highest BCUT2D eigenvalue weighted by Gasteiger charge is 2.04. The summed E-state index contributed by atoms with van der Waals surface area (Å²) in [6, 6.07) is 8.59. The van der Waals surface area contributed by atoms with E-state index in [1.54, 1.807) is 0 Å². The molecule has 2 nitrogen and oxygen atoms in total. The lowest BCUT2D eigenvalue weighted by molar-refractivity contribution is 0.266. The smallest absolute Gasteiger partial charge is 0.0771 e. The zero-order valence-corrected chi connectivity index (χ0v) is 12.3. The third kappa shape index (κ3) is 5.61. The molecule has 0 fully saturated rings. The predicted molar refractivity (Wildman–Crippen MR) is 82.8 cm³/mol. The summed E-state index contributed by atoms with van der Waals surface area (Å²) in [5.41, 5.74) is 8.16. The fourth-order valence-electron chi connectivity index (χ4n) is 2.20. The molecular weight excluding hydrogens is 240 g/mol. The van der Waals surface area contributed by atoms with Crippen molar-refractivity contribution in [2.75, 3.05) is 13.1 Å². The van der Waals surface area contributed by atoms with Crippen molar-refractivity contribution >= 4 is 17.2 Å². The van der Waals surface area contributed by atoms with Crippen LogP contribution in [0.2, 0.25) is 0 Å². The highest BCUT2D eigenvalue weighted by Crippen LogP contribution is 2.10. The Morgan fingerprint density at radius 1 is 1.17 bits per heavy atom. The molecule has 3 heteroatoms. The molecule has 2 N–H and O–H groups in total. The topological polar surface area (TPSA) is 29.3 Å². The molecule has 0 aliphatic heterocycles. The van der Waals surface area contributed by atoms with Gasteiger partial charge in [0.05, 0.1) is 4.99 Å². The summed E-state index contributed by atoms with van der Waals surface area (Å²) in [5, 5.41) is 0. The summed E-state index contributed by atoms with van der Waals surface area (Å²) in [5.74, 6) is 0. The summed E-state index contributed by atoms with van der Waals surface area (Å²) in [4.78, 5) is 3.06. The van der Waals surface area contributed by atoms with Crippen molar-refractivity contribution in [3.05, 3.63) is 35.4 Å². The minimum atomic E-state index is 0.561. The Labute approximate surface area is 116 Å². The van der Waals surface area contributed by atoms with Crippen LogP contribution >= 0.6 is 12.2 Å². The third-order valence-electron chi connectivity index (χ3n) is 2.86. The summed E-state index contributed by atoms with van der Waals surface area (Å²) in [7, 11) is 0. The molecule has 1 aromatic rings. The molecular formula is C15H24N2S. The second kappa shape index (κ2) is 8.22. The normalized spacial score (nSPS) is 10.8. The molecule has 0 saturated heterocycles. The van der Waals surface area contributed by atoms with Gasteiger partial charge in [0.1, 0.15) is 0 Å². The molecule has 0 atom stereocenters. The maximum absolute atomic E-state index is 5.59. The number of hydrogen-bond acceptors (Lipinski definition) is 2. The van der Waals surface area contributed by atoms with Crippen molar-refractivity contribution < 1.29 is 0 Å². The summed E-state index contributed by atoms with van der Waals surface area (Å²) in [6.07, 6.45) is 3.10. The Balaban J connectivity index is 2.66. The second-order valence-electron chi connectivity index (χ2n) is 4.74. The SMILES string of the molecule is CCCN(CCC)Cc1cccc(CC(N)=S)c1. The lowest BCUT2D eigenvalue weighted by atomic mass is 10.1. The van der Waals surface area contributed by atoms with Gasteiger partial charge in [0, 0.05) is 13.0 Å². The van der Waals surface area contributed by atoms with E-state index < -0.39 is 0 Å². The molecule has 0 saturated carbocycles. The number of benzene rings is 1. The van der Waals surface area contributed by atoms with Gasteiger partial charge in [0.15, 0.2) is 0 Å². The van der Waals surface area contributed by atoms with Gasteiger partial charge in [-0.05, 0) is 37.1 Å². The van der Waals surface area contributed by atoms with Crippen molar-refractivity contribution in [1.29, 1.82) is 0 Å². The van der Waals surface area contributed by atoms with Crippen molar-refractivity contribution in [1.82, 2.24) is 4.90 Å². The molecule has 1 aromatic carbocycles. The predicted octanol–water partition coefficient (Wildman–Crippen LogP) is 3.14. The lowest BCUT2D eigenvalue weighted by Crippen LogP contribution is -2.25. The van der Waals surface area contributed by atoms with Gasteiger partial charge in [0.25, 0.3) is 0 Å². The van der Waals surface area contributed by atoms with E-state index in [1.165, 1.54) is 24.0 Å². The first-order valence-electron chi connectivity index (χ1n) is 6.74. The van der Waals surface area contributed by atoms with Crippen LogP contribution in [0.3, 0.4) is 0 Å². The van der Waals surface area contributed by atoms with Gasteiger partial charge in [-0.2, -0.15) is 0 Å². The highest BCUT2D eigenvalue weighted by molar-refractivity contribution is 7.80. The van der Waals surface area contributed by atoms with Crippen molar-refractivity contribution in [2.24, 2.45) is 5.73 Å². The molecule has 100 valence electrons. The van der Waals surface area contributed by atoms with Gasteiger partial charge in [-0.15, -0.1) is 0 Å². The number of thiocarbonyl (C=S) groups is 1. The Morgan fingerprint density at radius 3 is 2.33 bits per heavy atom. The molecule has 1 rings (SSSR count).